The van der Waals surface area contributed by atoms with E-state index in [2.05, 4.69) is 35.0 Å². The topological polar surface area (TPSA) is 38.5 Å². The van der Waals surface area contributed by atoms with Crippen LogP contribution in [-0.2, 0) is 17.9 Å². The molecule has 1 heterocycles. The molecule has 3 nitrogen and oxygen atoms in total. The molecule has 0 spiro atoms. The van der Waals surface area contributed by atoms with Crippen molar-refractivity contribution in [2.45, 2.75) is 19.4 Å². The first-order valence-corrected chi connectivity index (χ1v) is 4.96. The van der Waals surface area contributed by atoms with E-state index in [1.807, 2.05) is 0 Å². The van der Waals surface area contributed by atoms with Crippen molar-refractivity contribution in [3.63, 3.8) is 0 Å². The molecule has 3 heteroatoms. The third kappa shape index (κ3) is 1.74. The summed E-state index contributed by atoms with van der Waals surface area (Å²) in [5.41, 5.74) is 3.89. The second kappa shape index (κ2) is 3.98. The normalized spacial score (nSPS) is 15.4. The molecule has 2 N–H and O–H groups in total. The van der Waals surface area contributed by atoms with Gasteiger partial charge in [0.05, 0.1) is 6.61 Å². The first-order chi connectivity index (χ1) is 6.81. The highest BCUT2D eigenvalue weighted by atomic mass is 16.6. The van der Waals surface area contributed by atoms with Gasteiger partial charge in [0.1, 0.15) is 0 Å². The summed E-state index contributed by atoms with van der Waals surface area (Å²) in [6.07, 6.45) is 2.43. The third-order valence-electron chi connectivity index (χ3n) is 2.75. The minimum Gasteiger partial charge on any atom is -0.374 e. The highest BCUT2D eigenvalue weighted by molar-refractivity contribution is 5.56. The van der Waals surface area contributed by atoms with Crippen LogP contribution in [-0.4, -0.2) is 13.6 Å². The van der Waals surface area contributed by atoms with Crippen LogP contribution < -0.4 is 10.8 Å². The van der Waals surface area contributed by atoms with Gasteiger partial charge in [-0.25, -0.2) is 5.90 Å². The molecule has 14 heavy (non-hydrogen) atoms. The van der Waals surface area contributed by atoms with Gasteiger partial charge in [0.15, 0.2) is 0 Å². The molecule has 0 aromatic heterocycles. The molecular weight excluding hydrogens is 176 g/mol. The zero-order chi connectivity index (χ0) is 9.97. The van der Waals surface area contributed by atoms with E-state index in [0.29, 0.717) is 6.61 Å². The lowest BCUT2D eigenvalue weighted by molar-refractivity contribution is 0.124. The number of hydrogen-bond donors (Lipinski definition) is 1. The second-order valence-corrected chi connectivity index (χ2v) is 3.80. The Labute approximate surface area is 84.4 Å². The summed E-state index contributed by atoms with van der Waals surface area (Å²) in [4.78, 5) is 6.93. The lowest BCUT2D eigenvalue weighted by Gasteiger charge is -2.27. The molecule has 0 amide bonds. The van der Waals surface area contributed by atoms with Gasteiger partial charge in [-0.15, -0.1) is 0 Å². The van der Waals surface area contributed by atoms with E-state index in [9.17, 15) is 0 Å². The largest absolute Gasteiger partial charge is 0.374 e. The summed E-state index contributed by atoms with van der Waals surface area (Å²) in [7, 11) is 2.13. The van der Waals surface area contributed by atoms with Crippen molar-refractivity contribution in [1.82, 2.24) is 0 Å². The maximum Gasteiger partial charge on any atom is 0.0930 e. The molecule has 0 aliphatic carbocycles. The van der Waals surface area contributed by atoms with Crippen LogP contribution in [0, 0.1) is 0 Å². The third-order valence-corrected chi connectivity index (χ3v) is 2.75. The van der Waals surface area contributed by atoms with Crippen molar-refractivity contribution in [3.05, 3.63) is 29.3 Å². The van der Waals surface area contributed by atoms with E-state index >= 15 is 0 Å². The minimum absolute atomic E-state index is 0.487. The lowest BCUT2D eigenvalue weighted by atomic mass is 10.0. The number of rotatable bonds is 2. The quantitative estimate of drug-likeness (QED) is 0.721. The Morgan fingerprint density at radius 2 is 2.36 bits per heavy atom. The Kier molecular flexibility index (Phi) is 2.70. The van der Waals surface area contributed by atoms with Gasteiger partial charge in [-0.2, -0.15) is 0 Å². The van der Waals surface area contributed by atoms with E-state index < -0.39 is 0 Å². The van der Waals surface area contributed by atoms with Crippen LogP contribution in [0.3, 0.4) is 0 Å². The number of benzene rings is 1. The van der Waals surface area contributed by atoms with Gasteiger partial charge in [0, 0.05) is 19.3 Å². The molecular formula is C11H16N2O. The van der Waals surface area contributed by atoms with Gasteiger partial charge < -0.3 is 4.90 Å². The van der Waals surface area contributed by atoms with Crippen LogP contribution in [0.5, 0.6) is 0 Å². The molecule has 0 radical (unpaired) electrons. The van der Waals surface area contributed by atoms with Crippen LogP contribution >= 0.6 is 0 Å². The fourth-order valence-electron chi connectivity index (χ4n) is 1.99. The van der Waals surface area contributed by atoms with Gasteiger partial charge >= 0.3 is 0 Å². The number of nitrogens with zero attached hydrogens (tertiary/aromatic N) is 1. The first-order valence-electron chi connectivity index (χ1n) is 4.96. The van der Waals surface area contributed by atoms with Gasteiger partial charge in [0.2, 0.25) is 0 Å². The summed E-state index contributed by atoms with van der Waals surface area (Å²) < 4.78 is 0. The Bertz CT molecular complexity index is 325. The fourth-order valence-corrected chi connectivity index (χ4v) is 1.99. The van der Waals surface area contributed by atoms with Crippen molar-refractivity contribution in [3.8, 4) is 0 Å². The maximum atomic E-state index is 5.06. The number of hydrogen-bond acceptors (Lipinski definition) is 3. The Morgan fingerprint density at radius 3 is 3.14 bits per heavy atom. The summed E-state index contributed by atoms with van der Waals surface area (Å²) in [6.45, 7) is 1.63. The predicted molar refractivity (Wildman–Crippen MR) is 57.0 cm³/mol. The van der Waals surface area contributed by atoms with Crippen molar-refractivity contribution in [2.24, 2.45) is 5.90 Å². The van der Waals surface area contributed by atoms with Gasteiger partial charge in [-0.05, 0) is 30.0 Å². The van der Waals surface area contributed by atoms with Gasteiger partial charge in [-0.1, -0.05) is 12.1 Å². The summed E-state index contributed by atoms with van der Waals surface area (Å²) in [5.74, 6) is 5.06. The van der Waals surface area contributed by atoms with E-state index in [-0.39, 0.29) is 0 Å². The molecule has 1 aromatic rings. The van der Waals surface area contributed by atoms with Crippen LogP contribution in [0.1, 0.15) is 17.5 Å². The van der Waals surface area contributed by atoms with E-state index in [4.69, 9.17) is 5.90 Å². The average molecular weight is 192 g/mol. The molecule has 0 bridgehead atoms. The lowest BCUT2D eigenvalue weighted by Crippen LogP contribution is -2.24. The van der Waals surface area contributed by atoms with E-state index in [1.165, 1.54) is 24.1 Å². The zero-order valence-electron chi connectivity index (χ0n) is 8.49. The zero-order valence-corrected chi connectivity index (χ0v) is 8.49. The standard InChI is InChI=1S/C11H16N2O/c1-13-6-2-3-10-5-4-9(8-14-12)7-11(10)13/h4-5,7H,2-3,6,8,12H2,1H3. The molecule has 0 saturated heterocycles. The predicted octanol–water partition coefficient (Wildman–Crippen LogP) is 1.46. The average Bonchev–Trinajstić information content (AvgIpc) is 2.20. The highest BCUT2D eigenvalue weighted by Gasteiger charge is 2.13. The number of nitrogens with two attached hydrogens (primary N) is 1. The van der Waals surface area contributed by atoms with Crippen LogP contribution in [0.2, 0.25) is 0 Å². The summed E-state index contributed by atoms with van der Waals surface area (Å²) >= 11 is 0. The Balaban J connectivity index is 2.31. The van der Waals surface area contributed by atoms with Crippen molar-refractivity contribution < 1.29 is 4.84 Å². The molecule has 0 fully saturated rings. The summed E-state index contributed by atoms with van der Waals surface area (Å²) in [6, 6.07) is 6.44. The SMILES string of the molecule is CN1CCCc2ccc(CON)cc21. The van der Waals surface area contributed by atoms with Crippen LogP contribution in [0.4, 0.5) is 5.69 Å². The van der Waals surface area contributed by atoms with E-state index in [0.717, 1.165) is 12.1 Å². The minimum atomic E-state index is 0.487. The molecule has 76 valence electrons. The number of aryl methyl sites for hydroxylation is 1. The smallest absolute Gasteiger partial charge is 0.0930 e. The van der Waals surface area contributed by atoms with Crippen molar-refractivity contribution in [1.29, 1.82) is 0 Å². The van der Waals surface area contributed by atoms with Crippen LogP contribution in [0.15, 0.2) is 18.2 Å². The molecule has 1 aromatic carbocycles. The van der Waals surface area contributed by atoms with E-state index in [1.54, 1.807) is 0 Å². The highest BCUT2D eigenvalue weighted by Crippen LogP contribution is 2.26. The van der Waals surface area contributed by atoms with Crippen LogP contribution in [0.25, 0.3) is 0 Å². The Hall–Kier alpha value is -1.06. The molecule has 1 aliphatic heterocycles. The number of fused-ring (bicyclic) bond motifs is 1. The second-order valence-electron chi connectivity index (χ2n) is 3.80. The summed E-state index contributed by atoms with van der Waals surface area (Å²) in [5, 5.41) is 0. The van der Waals surface area contributed by atoms with Gasteiger partial charge in [-0.3, -0.25) is 4.84 Å². The van der Waals surface area contributed by atoms with Crippen molar-refractivity contribution in [2.75, 3.05) is 18.5 Å². The maximum absolute atomic E-state index is 5.06. The molecule has 0 unspecified atom stereocenters. The van der Waals surface area contributed by atoms with Crippen molar-refractivity contribution >= 4 is 5.69 Å². The number of anilines is 1. The molecule has 0 saturated carbocycles. The Morgan fingerprint density at radius 1 is 1.50 bits per heavy atom. The monoisotopic (exact) mass is 192 g/mol. The molecule has 1 aliphatic rings. The first kappa shape index (κ1) is 9.49. The fraction of sp³-hybridized carbons (Fsp3) is 0.455. The molecule has 0 atom stereocenters. The molecule has 2 rings (SSSR count). The van der Waals surface area contributed by atoms with Gasteiger partial charge in [0.25, 0.3) is 0 Å².